The first-order valence-corrected chi connectivity index (χ1v) is 31.5. The number of hydrogen-bond acceptors (Lipinski definition) is 0. The quantitative estimate of drug-likeness (QED) is 0.195. The lowest BCUT2D eigenvalue weighted by Crippen LogP contribution is -2.23. The van der Waals surface area contributed by atoms with Crippen molar-refractivity contribution in [2.45, 2.75) is 24.3 Å². The predicted octanol–water partition coefficient (Wildman–Crippen LogP) is 10.3. The summed E-state index contributed by atoms with van der Waals surface area (Å²) in [5.41, 5.74) is 0.324. The van der Waals surface area contributed by atoms with Gasteiger partial charge in [-0.1, -0.05) is 6.92 Å². The van der Waals surface area contributed by atoms with Gasteiger partial charge in [-0.05, 0) is 6.04 Å². The predicted molar refractivity (Wildman–Crippen MR) is 137 cm³/mol. The topological polar surface area (TPSA) is 0 Å². The highest BCUT2D eigenvalue weighted by Crippen LogP contribution is 2.37. The van der Waals surface area contributed by atoms with Crippen LogP contribution in [0.4, 0.5) is 0 Å². The first-order valence-electron chi connectivity index (χ1n) is 5.31. The van der Waals surface area contributed by atoms with E-state index < -0.39 is 30.0 Å². The molecule has 0 aliphatic heterocycles. The van der Waals surface area contributed by atoms with Crippen LogP contribution in [-0.4, -0.2) is 30.0 Å². The molecular formula is C4H9Cl15Si5. The zero-order chi connectivity index (χ0) is 20.6. The summed E-state index contributed by atoms with van der Waals surface area (Å²) in [5.74, 6) is 0. The van der Waals surface area contributed by atoms with Gasteiger partial charge in [0.25, 0.3) is 0 Å². The van der Waals surface area contributed by atoms with Gasteiger partial charge in [0.2, 0.25) is 0 Å². The zero-order valence-corrected chi connectivity index (χ0v) is 27.6. The molecule has 0 unspecified atom stereocenters. The van der Waals surface area contributed by atoms with Crippen molar-refractivity contribution in [1.29, 1.82) is 0 Å². The summed E-state index contributed by atoms with van der Waals surface area (Å²) in [5, 5.41) is 0. The Kier molecular flexibility index (Phi) is 20.6. The van der Waals surface area contributed by atoms with Crippen LogP contribution in [0.3, 0.4) is 0 Å². The Morgan fingerprint density at radius 1 is 0.375 bits per heavy atom. The molecule has 20 heteroatoms. The van der Waals surface area contributed by atoms with E-state index in [1.165, 1.54) is 0 Å². The summed E-state index contributed by atoms with van der Waals surface area (Å²) in [7, 11) is 0. The number of halogens is 15. The van der Waals surface area contributed by atoms with E-state index in [0.717, 1.165) is 0 Å². The molecule has 0 atom stereocenters. The van der Waals surface area contributed by atoms with Crippen LogP contribution in [-0.2, 0) is 0 Å². The fourth-order valence-corrected chi connectivity index (χ4v) is 36.8. The lowest BCUT2D eigenvalue weighted by Gasteiger charge is -2.11. The van der Waals surface area contributed by atoms with Gasteiger partial charge >= 0.3 is 30.0 Å². The van der Waals surface area contributed by atoms with Crippen molar-refractivity contribution >= 4 is 196 Å². The van der Waals surface area contributed by atoms with Gasteiger partial charge in [0.05, 0.1) is 0 Å². The largest absolute Gasteiger partial charge is 0.342 e. The molecule has 24 heavy (non-hydrogen) atoms. The molecule has 0 aromatic carbocycles. The van der Waals surface area contributed by atoms with Gasteiger partial charge in [-0.2, -0.15) is 0 Å². The summed E-state index contributed by atoms with van der Waals surface area (Å²) in [4.78, 5) is 0. The summed E-state index contributed by atoms with van der Waals surface area (Å²) >= 11 is 81.8. The van der Waals surface area contributed by atoms with E-state index in [1.807, 2.05) is 6.92 Å². The average molecular weight is 729 g/mol. The summed E-state index contributed by atoms with van der Waals surface area (Å²) in [6, 6.07) is -12.3. The van der Waals surface area contributed by atoms with Gasteiger partial charge in [0, 0.05) is 11.3 Å². The number of hydrogen-bond donors (Lipinski definition) is 0. The molecule has 0 saturated carbocycles. The maximum Gasteiger partial charge on any atom is 0.342 e. The van der Waals surface area contributed by atoms with Gasteiger partial charge in [-0.15, -0.1) is 166 Å². The third-order valence-corrected chi connectivity index (χ3v) is 25.3. The number of rotatable bonds is 5. The summed E-state index contributed by atoms with van der Waals surface area (Å²) in [6.07, 6.45) is 0. The Bertz CT molecular complexity index is 267. The highest BCUT2D eigenvalue weighted by Gasteiger charge is 2.40. The van der Waals surface area contributed by atoms with Gasteiger partial charge in [0.1, 0.15) is 0 Å². The van der Waals surface area contributed by atoms with Crippen molar-refractivity contribution in [3.63, 3.8) is 0 Å². The second-order valence-electron chi connectivity index (χ2n) is 3.78. The molecular weight excluding hydrogens is 720 g/mol. The van der Waals surface area contributed by atoms with Crippen molar-refractivity contribution in [3.8, 4) is 0 Å². The Labute approximate surface area is 217 Å². The van der Waals surface area contributed by atoms with Crippen molar-refractivity contribution in [2.24, 2.45) is 0 Å². The van der Waals surface area contributed by atoms with E-state index >= 15 is 0 Å². The molecule has 0 bridgehead atoms. The molecule has 0 spiro atoms. The van der Waals surface area contributed by atoms with Gasteiger partial charge in [-0.3, -0.25) is 0 Å². The molecule has 0 N–H and O–H groups in total. The van der Waals surface area contributed by atoms with Crippen LogP contribution in [0.5, 0.6) is 0 Å². The minimum Gasteiger partial charge on any atom is -0.126 e. The molecule has 0 aliphatic rings. The van der Waals surface area contributed by atoms with Crippen LogP contribution in [0.1, 0.15) is 6.92 Å². The van der Waals surface area contributed by atoms with Crippen molar-refractivity contribution in [3.05, 3.63) is 0 Å². The van der Waals surface area contributed by atoms with Crippen LogP contribution in [0.2, 0.25) is 17.4 Å². The zero-order valence-electron chi connectivity index (χ0n) is 11.3. The maximum atomic E-state index is 5.47. The fraction of sp³-hybridized carbons (Fsp3) is 1.00. The third-order valence-electron chi connectivity index (χ3n) is 1.20. The molecule has 0 amide bonds. The van der Waals surface area contributed by atoms with Gasteiger partial charge in [-0.25, -0.2) is 0 Å². The van der Waals surface area contributed by atoms with E-state index in [0.29, 0.717) is 6.04 Å². The smallest absolute Gasteiger partial charge is 0.126 e. The molecule has 0 aromatic heterocycles. The normalized spacial score (nSPS) is 13.5. The first kappa shape index (κ1) is 34.1. The summed E-state index contributed by atoms with van der Waals surface area (Å²) < 4.78 is 0. The molecule has 0 aromatic rings. The van der Waals surface area contributed by atoms with Crippen molar-refractivity contribution < 1.29 is 0 Å². The van der Waals surface area contributed by atoms with Crippen LogP contribution in [0, 0.1) is 0 Å². The Hall–Kier alpha value is 5.43. The van der Waals surface area contributed by atoms with Crippen LogP contribution in [0.25, 0.3) is 0 Å². The molecule has 0 heterocycles. The molecule has 0 aliphatic carbocycles. The summed E-state index contributed by atoms with van der Waals surface area (Å²) in [6.45, 7) is 1.87. The second-order valence-corrected chi connectivity index (χ2v) is 51.2. The monoisotopic (exact) mass is 721 g/mol. The standard InChI is InChI=1S/C2H5Cl3Si.2CH2Cl6Si2/c1-2-6(3,4)5;2*2-8(3,4)1-9(5,6)7/h2H2,1H3;2*1H2. The van der Waals surface area contributed by atoms with Crippen molar-refractivity contribution in [1.82, 2.24) is 0 Å². The SMILES string of the molecule is CC[Si](Cl)(Cl)Cl.Cl[Si](Cl)(Cl)C[Si](Cl)(Cl)Cl.Cl[Si](Cl)(Cl)C[Si](Cl)(Cl)Cl. The van der Waals surface area contributed by atoms with Crippen LogP contribution in [0.15, 0.2) is 0 Å². The third kappa shape index (κ3) is 45.9. The highest BCUT2D eigenvalue weighted by molar-refractivity contribution is 7.75. The van der Waals surface area contributed by atoms with E-state index in [-0.39, 0.29) is 11.3 Å². The Morgan fingerprint density at radius 3 is 0.500 bits per heavy atom. The Balaban J connectivity index is -0.000000282. The fourth-order valence-electron chi connectivity index (χ4n) is 0.455. The van der Waals surface area contributed by atoms with Gasteiger partial charge < -0.3 is 0 Å². The molecule has 150 valence electrons. The molecule has 0 saturated heterocycles. The van der Waals surface area contributed by atoms with Crippen LogP contribution >= 0.6 is 166 Å². The maximum absolute atomic E-state index is 5.47. The van der Waals surface area contributed by atoms with E-state index in [9.17, 15) is 0 Å². The molecule has 0 rings (SSSR count). The first-order chi connectivity index (χ1) is 9.97. The minimum atomic E-state index is -2.71. The lowest BCUT2D eigenvalue weighted by atomic mass is 11.0. The van der Waals surface area contributed by atoms with E-state index in [2.05, 4.69) is 0 Å². The van der Waals surface area contributed by atoms with Gasteiger partial charge in [0.15, 0.2) is 0 Å². The molecule has 0 nitrogen and oxygen atoms in total. The van der Waals surface area contributed by atoms with Crippen molar-refractivity contribution in [2.75, 3.05) is 0 Å². The molecule has 0 radical (unpaired) electrons. The molecule has 0 fully saturated rings. The highest BCUT2D eigenvalue weighted by atomic mass is 35.9. The minimum absolute atomic E-state index is 0.162. The van der Waals surface area contributed by atoms with Crippen LogP contribution < -0.4 is 0 Å². The lowest BCUT2D eigenvalue weighted by molar-refractivity contribution is 1.46. The van der Waals surface area contributed by atoms with E-state index in [1.54, 1.807) is 0 Å². The Morgan fingerprint density at radius 2 is 0.500 bits per heavy atom. The average Bonchev–Trinajstić information content (AvgIpc) is 2.05. The second kappa shape index (κ2) is 14.5. The van der Waals surface area contributed by atoms with E-state index in [4.69, 9.17) is 166 Å².